The highest BCUT2D eigenvalue weighted by molar-refractivity contribution is 6.03. The van der Waals surface area contributed by atoms with Gasteiger partial charge in [0, 0.05) is 18.0 Å². The SMILES string of the molecule is CCOC(=O)[C@@H]1[C@H](C(C)=O)CCC(=O)N1c1ccc(OC)cc1. The summed E-state index contributed by atoms with van der Waals surface area (Å²) in [6.45, 7) is 3.34. The van der Waals surface area contributed by atoms with Gasteiger partial charge in [-0.3, -0.25) is 14.5 Å². The summed E-state index contributed by atoms with van der Waals surface area (Å²) in [6.07, 6.45) is 0.594. The number of benzene rings is 1. The van der Waals surface area contributed by atoms with Gasteiger partial charge in [-0.15, -0.1) is 0 Å². The van der Waals surface area contributed by atoms with Crippen molar-refractivity contribution in [2.24, 2.45) is 5.92 Å². The van der Waals surface area contributed by atoms with Crippen molar-refractivity contribution in [2.75, 3.05) is 18.6 Å². The van der Waals surface area contributed by atoms with Gasteiger partial charge in [0.25, 0.3) is 0 Å². The first-order valence-electron chi connectivity index (χ1n) is 7.62. The van der Waals surface area contributed by atoms with Crippen LogP contribution in [0.1, 0.15) is 26.7 Å². The van der Waals surface area contributed by atoms with Gasteiger partial charge in [-0.1, -0.05) is 0 Å². The van der Waals surface area contributed by atoms with Gasteiger partial charge in [0.15, 0.2) is 0 Å². The number of esters is 1. The third-order valence-corrected chi connectivity index (χ3v) is 4.00. The molecular weight excluding hydrogens is 298 g/mol. The average molecular weight is 319 g/mol. The second-order valence-corrected chi connectivity index (χ2v) is 5.41. The number of ether oxygens (including phenoxy) is 2. The summed E-state index contributed by atoms with van der Waals surface area (Å²) in [5.41, 5.74) is 0.555. The Morgan fingerprint density at radius 1 is 1.26 bits per heavy atom. The molecule has 2 atom stereocenters. The number of anilines is 1. The lowest BCUT2D eigenvalue weighted by Crippen LogP contribution is -2.55. The molecule has 1 saturated heterocycles. The molecule has 6 nitrogen and oxygen atoms in total. The summed E-state index contributed by atoms with van der Waals surface area (Å²) in [6, 6.07) is 5.91. The summed E-state index contributed by atoms with van der Waals surface area (Å²) in [5, 5.41) is 0. The van der Waals surface area contributed by atoms with E-state index in [0.717, 1.165) is 0 Å². The third-order valence-electron chi connectivity index (χ3n) is 4.00. The van der Waals surface area contributed by atoms with Crippen LogP contribution in [0.5, 0.6) is 5.75 Å². The van der Waals surface area contributed by atoms with Crippen LogP contribution in [0.3, 0.4) is 0 Å². The number of carbonyl (C=O) groups excluding carboxylic acids is 3. The molecule has 0 aromatic heterocycles. The molecule has 1 aromatic carbocycles. The Hall–Kier alpha value is -2.37. The van der Waals surface area contributed by atoms with E-state index in [2.05, 4.69) is 0 Å². The van der Waals surface area contributed by atoms with Gasteiger partial charge in [0.1, 0.15) is 17.6 Å². The highest BCUT2D eigenvalue weighted by Gasteiger charge is 2.44. The van der Waals surface area contributed by atoms with Crippen molar-refractivity contribution in [1.29, 1.82) is 0 Å². The number of amides is 1. The normalized spacial score (nSPS) is 21.0. The Kier molecular flexibility index (Phi) is 5.36. The predicted molar refractivity (Wildman–Crippen MR) is 84.3 cm³/mol. The van der Waals surface area contributed by atoms with Crippen molar-refractivity contribution in [3.05, 3.63) is 24.3 Å². The molecule has 1 fully saturated rings. The molecule has 1 aliphatic rings. The molecular formula is C17H21NO5. The lowest BCUT2D eigenvalue weighted by atomic mass is 9.85. The molecule has 0 unspecified atom stereocenters. The van der Waals surface area contributed by atoms with E-state index in [-0.39, 0.29) is 24.7 Å². The van der Waals surface area contributed by atoms with Gasteiger partial charge < -0.3 is 9.47 Å². The van der Waals surface area contributed by atoms with Crippen molar-refractivity contribution in [2.45, 2.75) is 32.7 Å². The quantitative estimate of drug-likeness (QED) is 0.776. The van der Waals surface area contributed by atoms with Crippen molar-refractivity contribution < 1.29 is 23.9 Å². The number of piperidine rings is 1. The Bertz CT molecular complexity index is 596. The minimum atomic E-state index is -0.915. The monoisotopic (exact) mass is 319 g/mol. The van der Waals surface area contributed by atoms with E-state index in [1.54, 1.807) is 38.3 Å². The maximum atomic E-state index is 12.4. The second-order valence-electron chi connectivity index (χ2n) is 5.41. The Labute approximate surface area is 135 Å². The van der Waals surface area contributed by atoms with E-state index in [4.69, 9.17) is 9.47 Å². The van der Waals surface area contributed by atoms with E-state index < -0.39 is 17.9 Å². The van der Waals surface area contributed by atoms with Crippen LogP contribution < -0.4 is 9.64 Å². The Balaban J connectivity index is 2.42. The summed E-state index contributed by atoms with van der Waals surface area (Å²) in [7, 11) is 1.55. The van der Waals surface area contributed by atoms with Gasteiger partial charge >= 0.3 is 5.97 Å². The average Bonchev–Trinajstić information content (AvgIpc) is 2.54. The molecule has 1 amide bonds. The zero-order valence-electron chi connectivity index (χ0n) is 13.6. The molecule has 0 saturated carbocycles. The zero-order chi connectivity index (χ0) is 17.0. The Morgan fingerprint density at radius 3 is 2.43 bits per heavy atom. The number of Topliss-reactive ketones (excluding diaryl/α,β-unsaturated/α-hetero) is 1. The molecule has 124 valence electrons. The number of carbonyl (C=O) groups is 3. The molecule has 1 heterocycles. The van der Waals surface area contributed by atoms with E-state index in [1.165, 1.54) is 11.8 Å². The maximum Gasteiger partial charge on any atom is 0.329 e. The minimum absolute atomic E-state index is 0.117. The van der Waals surface area contributed by atoms with Crippen LogP contribution in [0, 0.1) is 5.92 Å². The number of rotatable bonds is 5. The third kappa shape index (κ3) is 3.52. The summed E-state index contributed by atoms with van der Waals surface area (Å²) < 4.78 is 10.2. The van der Waals surface area contributed by atoms with E-state index >= 15 is 0 Å². The molecule has 0 radical (unpaired) electrons. The van der Waals surface area contributed by atoms with Crippen LogP contribution in [0.4, 0.5) is 5.69 Å². The van der Waals surface area contributed by atoms with Gasteiger partial charge in [0.05, 0.1) is 13.7 Å². The standard InChI is InChI=1S/C17H21NO5/c1-4-23-17(21)16-14(11(2)19)9-10-15(20)18(16)12-5-7-13(22-3)8-6-12/h5-8,14,16H,4,9-10H2,1-3H3/t14-,16-/m0/s1. The molecule has 6 heteroatoms. The molecule has 1 aromatic rings. The number of hydrogen-bond donors (Lipinski definition) is 0. The van der Waals surface area contributed by atoms with Crippen molar-refractivity contribution in [3.63, 3.8) is 0 Å². The fraction of sp³-hybridized carbons (Fsp3) is 0.471. The lowest BCUT2D eigenvalue weighted by molar-refractivity contribution is -0.150. The van der Waals surface area contributed by atoms with Crippen molar-refractivity contribution in [3.8, 4) is 5.75 Å². The van der Waals surface area contributed by atoms with Crippen LogP contribution in [-0.4, -0.2) is 37.4 Å². The van der Waals surface area contributed by atoms with Crippen LogP contribution >= 0.6 is 0 Å². The molecule has 0 N–H and O–H groups in total. The molecule has 0 spiro atoms. The zero-order valence-corrected chi connectivity index (χ0v) is 13.6. The summed E-state index contributed by atoms with van der Waals surface area (Å²) >= 11 is 0. The molecule has 1 aliphatic heterocycles. The highest BCUT2D eigenvalue weighted by atomic mass is 16.5. The van der Waals surface area contributed by atoms with E-state index in [1.807, 2.05) is 0 Å². The first-order chi connectivity index (χ1) is 11.0. The van der Waals surface area contributed by atoms with Crippen LogP contribution in [0.2, 0.25) is 0 Å². The smallest absolute Gasteiger partial charge is 0.329 e. The van der Waals surface area contributed by atoms with Crippen LogP contribution in [0.25, 0.3) is 0 Å². The predicted octanol–water partition coefficient (Wildman–Crippen LogP) is 1.96. The van der Waals surface area contributed by atoms with Gasteiger partial charge in [-0.25, -0.2) is 4.79 Å². The summed E-state index contributed by atoms with van der Waals surface area (Å²) in [5.74, 6) is -0.751. The van der Waals surface area contributed by atoms with Gasteiger partial charge in [-0.2, -0.15) is 0 Å². The molecule has 0 bridgehead atoms. The lowest BCUT2D eigenvalue weighted by Gasteiger charge is -2.38. The number of hydrogen-bond acceptors (Lipinski definition) is 5. The molecule has 0 aliphatic carbocycles. The Morgan fingerprint density at radius 2 is 1.91 bits per heavy atom. The van der Waals surface area contributed by atoms with E-state index in [0.29, 0.717) is 17.9 Å². The second kappa shape index (κ2) is 7.26. The fourth-order valence-corrected chi connectivity index (χ4v) is 2.86. The topological polar surface area (TPSA) is 72.9 Å². The van der Waals surface area contributed by atoms with Gasteiger partial charge in [-0.05, 0) is 44.5 Å². The number of ketones is 1. The maximum absolute atomic E-state index is 12.4. The minimum Gasteiger partial charge on any atom is -0.497 e. The number of methoxy groups -OCH3 is 1. The number of nitrogens with zero attached hydrogens (tertiary/aromatic N) is 1. The van der Waals surface area contributed by atoms with E-state index in [9.17, 15) is 14.4 Å². The van der Waals surface area contributed by atoms with Crippen LogP contribution in [0.15, 0.2) is 24.3 Å². The fourth-order valence-electron chi connectivity index (χ4n) is 2.86. The van der Waals surface area contributed by atoms with Gasteiger partial charge in [0.2, 0.25) is 5.91 Å². The van der Waals surface area contributed by atoms with Crippen molar-refractivity contribution >= 4 is 23.3 Å². The molecule has 23 heavy (non-hydrogen) atoms. The largest absolute Gasteiger partial charge is 0.497 e. The first kappa shape index (κ1) is 17.0. The van der Waals surface area contributed by atoms with Crippen molar-refractivity contribution in [1.82, 2.24) is 0 Å². The van der Waals surface area contributed by atoms with Crippen LogP contribution in [-0.2, 0) is 19.1 Å². The highest BCUT2D eigenvalue weighted by Crippen LogP contribution is 2.32. The molecule has 2 rings (SSSR count). The summed E-state index contributed by atoms with van der Waals surface area (Å²) in [4.78, 5) is 38.1. The first-order valence-corrected chi connectivity index (χ1v) is 7.62.